The van der Waals surface area contributed by atoms with E-state index in [1.807, 2.05) is 47.8 Å². The quantitative estimate of drug-likeness (QED) is 0.909. The summed E-state index contributed by atoms with van der Waals surface area (Å²) in [5, 5.41) is 4.15. The molecule has 1 aliphatic heterocycles. The summed E-state index contributed by atoms with van der Waals surface area (Å²) in [7, 11) is 1.68. The number of para-hydroxylation sites is 1. The van der Waals surface area contributed by atoms with E-state index in [1.165, 1.54) is 0 Å². The molecule has 1 aliphatic rings. The van der Waals surface area contributed by atoms with Crippen molar-refractivity contribution in [3.63, 3.8) is 0 Å². The van der Waals surface area contributed by atoms with Crippen LogP contribution in [0.15, 0.2) is 73.1 Å². The second-order valence-corrected chi connectivity index (χ2v) is 5.17. The van der Waals surface area contributed by atoms with Gasteiger partial charge < -0.3 is 4.74 Å². The number of hydrogen-bond donors (Lipinski definition) is 1. The summed E-state index contributed by atoms with van der Waals surface area (Å²) in [5.41, 5.74) is 6.75. The Hall–Kier alpha value is -2.88. The van der Waals surface area contributed by atoms with Crippen molar-refractivity contribution >= 4 is 11.3 Å². The zero-order valence-electron chi connectivity index (χ0n) is 13.4. The van der Waals surface area contributed by atoms with Gasteiger partial charge in [-0.2, -0.15) is 0 Å². The zero-order chi connectivity index (χ0) is 16.1. The van der Waals surface area contributed by atoms with Crippen molar-refractivity contribution in [2.45, 2.75) is 6.92 Å². The van der Waals surface area contributed by atoms with Crippen molar-refractivity contribution in [2.24, 2.45) is 0 Å². The number of nitrogens with one attached hydrogen (secondary N) is 1. The predicted molar refractivity (Wildman–Crippen MR) is 94.5 cm³/mol. The standard InChI is InChI=1S/C19H21N3O/c1-3-21(18-7-5-4-6-8-18)22-14-13-17(15-20-22)16-9-11-19(23-2)12-10-16/h4-15,20H,3H2,1-2H3. The lowest BCUT2D eigenvalue weighted by Gasteiger charge is -2.36. The molecule has 23 heavy (non-hydrogen) atoms. The molecule has 0 fully saturated rings. The van der Waals surface area contributed by atoms with Crippen LogP contribution in [0.25, 0.3) is 5.57 Å². The number of hydrazine groups is 2. The van der Waals surface area contributed by atoms with Gasteiger partial charge in [0.2, 0.25) is 0 Å². The number of ether oxygens (including phenoxy) is 1. The molecule has 0 radical (unpaired) electrons. The minimum absolute atomic E-state index is 0.866. The van der Waals surface area contributed by atoms with Crippen molar-refractivity contribution in [3.8, 4) is 5.75 Å². The maximum atomic E-state index is 5.20. The first-order chi connectivity index (χ1) is 11.3. The van der Waals surface area contributed by atoms with Gasteiger partial charge in [-0.3, -0.25) is 10.4 Å². The lowest BCUT2D eigenvalue weighted by molar-refractivity contribution is 0.288. The first kappa shape index (κ1) is 15.0. The van der Waals surface area contributed by atoms with Gasteiger partial charge >= 0.3 is 0 Å². The number of methoxy groups -OCH3 is 1. The molecule has 1 N–H and O–H groups in total. The van der Waals surface area contributed by atoms with E-state index < -0.39 is 0 Å². The average Bonchev–Trinajstić information content (AvgIpc) is 2.64. The molecule has 0 atom stereocenters. The minimum atomic E-state index is 0.866. The van der Waals surface area contributed by atoms with Crippen LogP contribution in [0.4, 0.5) is 5.69 Å². The molecule has 2 aromatic carbocycles. The molecule has 0 amide bonds. The Balaban J connectivity index is 1.73. The van der Waals surface area contributed by atoms with Crippen molar-refractivity contribution in [2.75, 3.05) is 18.7 Å². The summed E-state index contributed by atoms with van der Waals surface area (Å²) in [6, 6.07) is 18.4. The molecule has 0 unspecified atom stereocenters. The Morgan fingerprint density at radius 3 is 2.35 bits per heavy atom. The van der Waals surface area contributed by atoms with Crippen LogP contribution in [0.3, 0.4) is 0 Å². The number of anilines is 1. The van der Waals surface area contributed by atoms with E-state index in [2.05, 4.69) is 47.7 Å². The van der Waals surface area contributed by atoms with Gasteiger partial charge in [0.25, 0.3) is 0 Å². The third kappa shape index (κ3) is 3.31. The van der Waals surface area contributed by atoms with Gasteiger partial charge in [-0.25, -0.2) is 5.12 Å². The predicted octanol–water partition coefficient (Wildman–Crippen LogP) is 3.81. The highest BCUT2D eigenvalue weighted by Gasteiger charge is 2.13. The van der Waals surface area contributed by atoms with Crippen molar-refractivity contribution in [1.29, 1.82) is 0 Å². The maximum Gasteiger partial charge on any atom is 0.118 e. The number of hydrogen-bond acceptors (Lipinski definition) is 4. The lowest BCUT2D eigenvalue weighted by atomic mass is 10.1. The van der Waals surface area contributed by atoms with Crippen LogP contribution in [-0.2, 0) is 0 Å². The first-order valence-corrected chi connectivity index (χ1v) is 7.72. The fraction of sp³-hybridized carbons (Fsp3) is 0.158. The molecular formula is C19H21N3O. The van der Waals surface area contributed by atoms with E-state index in [0.29, 0.717) is 0 Å². The monoisotopic (exact) mass is 307 g/mol. The van der Waals surface area contributed by atoms with Crippen LogP contribution in [0.5, 0.6) is 5.75 Å². The highest BCUT2D eigenvalue weighted by Crippen LogP contribution is 2.23. The van der Waals surface area contributed by atoms with Gasteiger partial charge in [0, 0.05) is 24.5 Å². The summed E-state index contributed by atoms with van der Waals surface area (Å²) in [5.74, 6) is 0.866. The molecule has 3 rings (SSSR count). The largest absolute Gasteiger partial charge is 0.497 e. The van der Waals surface area contributed by atoms with E-state index in [-0.39, 0.29) is 0 Å². The molecule has 0 saturated heterocycles. The Labute approximate surface area is 137 Å². The topological polar surface area (TPSA) is 27.7 Å². The Kier molecular flexibility index (Phi) is 4.52. The fourth-order valence-electron chi connectivity index (χ4n) is 2.55. The second kappa shape index (κ2) is 6.92. The SMILES string of the molecule is CCN(c1ccccc1)N1C=CC(c2ccc(OC)cc2)=CN1. The number of benzene rings is 2. The van der Waals surface area contributed by atoms with Crippen LogP contribution in [0.1, 0.15) is 12.5 Å². The number of nitrogens with zero attached hydrogens (tertiary/aromatic N) is 2. The lowest BCUT2D eigenvalue weighted by Crippen LogP contribution is -2.46. The summed E-state index contributed by atoms with van der Waals surface area (Å²) in [6.45, 7) is 3.00. The summed E-state index contributed by atoms with van der Waals surface area (Å²) < 4.78 is 5.20. The van der Waals surface area contributed by atoms with Gasteiger partial charge in [0.15, 0.2) is 0 Å². The van der Waals surface area contributed by atoms with Gasteiger partial charge in [-0.05, 0) is 42.8 Å². The zero-order valence-corrected chi connectivity index (χ0v) is 13.4. The smallest absolute Gasteiger partial charge is 0.118 e. The van der Waals surface area contributed by atoms with Crippen molar-refractivity contribution in [1.82, 2.24) is 10.5 Å². The Bertz CT molecular complexity index is 692. The highest BCUT2D eigenvalue weighted by atomic mass is 16.5. The first-order valence-electron chi connectivity index (χ1n) is 7.72. The van der Waals surface area contributed by atoms with E-state index >= 15 is 0 Å². The third-order valence-corrected chi connectivity index (χ3v) is 3.78. The van der Waals surface area contributed by atoms with Gasteiger partial charge in [-0.1, -0.05) is 30.3 Å². The van der Waals surface area contributed by atoms with E-state index in [0.717, 1.165) is 29.1 Å². The normalized spacial score (nSPS) is 13.3. The maximum absolute atomic E-state index is 5.20. The number of allylic oxidation sites excluding steroid dienone is 2. The molecule has 0 spiro atoms. The van der Waals surface area contributed by atoms with E-state index in [9.17, 15) is 0 Å². The Morgan fingerprint density at radius 2 is 1.78 bits per heavy atom. The molecule has 4 heteroatoms. The molecule has 118 valence electrons. The van der Waals surface area contributed by atoms with E-state index in [4.69, 9.17) is 4.74 Å². The van der Waals surface area contributed by atoms with Crippen LogP contribution in [0, 0.1) is 0 Å². The summed E-state index contributed by atoms with van der Waals surface area (Å²) >= 11 is 0. The van der Waals surface area contributed by atoms with Gasteiger partial charge in [0.1, 0.15) is 5.75 Å². The summed E-state index contributed by atoms with van der Waals surface area (Å²) in [4.78, 5) is 0. The average molecular weight is 307 g/mol. The molecular weight excluding hydrogens is 286 g/mol. The van der Waals surface area contributed by atoms with Gasteiger partial charge in [0.05, 0.1) is 12.8 Å². The molecule has 0 bridgehead atoms. The number of rotatable bonds is 5. The van der Waals surface area contributed by atoms with Crippen molar-refractivity contribution < 1.29 is 4.74 Å². The highest BCUT2D eigenvalue weighted by molar-refractivity contribution is 5.74. The molecule has 0 saturated carbocycles. The van der Waals surface area contributed by atoms with E-state index in [1.54, 1.807) is 7.11 Å². The van der Waals surface area contributed by atoms with Crippen LogP contribution < -0.4 is 15.2 Å². The molecule has 0 aliphatic carbocycles. The Morgan fingerprint density at radius 1 is 1.04 bits per heavy atom. The van der Waals surface area contributed by atoms with Crippen molar-refractivity contribution in [3.05, 3.63) is 78.6 Å². The third-order valence-electron chi connectivity index (χ3n) is 3.78. The second-order valence-electron chi connectivity index (χ2n) is 5.17. The molecule has 4 nitrogen and oxygen atoms in total. The van der Waals surface area contributed by atoms with Crippen LogP contribution in [-0.4, -0.2) is 18.8 Å². The molecule has 1 heterocycles. The van der Waals surface area contributed by atoms with Crippen LogP contribution in [0.2, 0.25) is 0 Å². The molecule has 2 aromatic rings. The fourth-order valence-corrected chi connectivity index (χ4v) is 2.55. The van der Waals surface area contributed by atoms with Gasteiger partial charge in [-0.15, -0.1) is 0 Å². The summed E-state index contributed by atoms with van der Waals surface area (Å²) in [6.07, 6.45) is 6.15. The molecule has 0 aromatic heterocycles. The van der Waals surface area contributed by atoms with Crippen LogP contribution >= 0.6 is 0 Å². The minimum Gasteiger partial charge on any atom is -0.497 e.